The van der Waals surface area contributed by atoms with Gasteiger partial charge in [-0.3, -0.25) is 0 Å². The average Bonchev–Trinajstić information content (AvgIpc) is 1.84. The van der Waals surface area contributed by atoms with Crippen LogP contribution in [-0.4, -0.2) is 8.07 Å². The lowest BCUT2D eigenvalue weighted by atomic mass is 10.1. The molecule has 1 aliphatic heterocycles. The van der Waals surface area contributed by atoms with Gasteiger partial charge in [0.05, 0.1) is 8.07 Å². The second-order valence-electron chi connectivity index (χ2n) is 4.55. The maximum absolute atomic E-state index is 2.56. The highest BCUT2D eigenvalue weighted by atomic mass is 28.3. The summed E-state index contributed by atoms with van der Waals surface area (Å²) in [4.78, 5) is 0. The van der Waals surface area contributed by atoms with Crippen molar-refractivity contribution in [1.29, 1.82) is 0 Å². The van der Waals surface area contributed by atoms with E-state index in [4.69, 9.17) is 0 Å². The fourth-order valence-electron chi connectivity index (χ4n) is 1.96. The van der Waals surface area contributed by atoms with E-state index in [0.717, 1.165) is 11.1 Å². The molecule has 0 saturated carbocycles. The van der Waals surface area contributed by atoms with Crippen LogP contribution < -0.4 is 0 Å². The molecular weight excluding hydrogens is 136 g/mol. The van der Waals surface area contributed by atoms with Crippen LogP contribution in [0.15, 0.2) is 0 Å². The van der Waals surface area contributed by atoms with Gasteiger partial charge >= 0.3 is 0 Å². The van der Waals surface area contributed by atoms with E-state index in [-0.39, 0.29) is 0 Å². The lowest BCUT2D eigenvalue weighted by Gasteiger charge is -2.40. The van der Waals surface area contributed by atoms with Crippen molar-refractivity contribution in [2.45, 2.75) is 57.3 Å². The molecule has 0 aliphatic carbocycles. The summed E-state index contributed by atoms with van der Waals surface area (Å²) < 4.78 is 0. The zero-order valence-corrected chi connectivity index (χ0v) is 8.78. The van der Waals surface area contributed by atoms with E-state index >= 15 is 0 Å². The largest absolute Gasteiger partial charge is 0.0690 e. The highest BCUT2D eigenvalue weighted by molar-refractivity contribution is 6.80. The van der Waals surface area contributed by atoms with Gasteiger partial charge in [0.2, 0.25) is 0 Å². The topological polar surface area (TPSA) is 0 Å². The normalized spacial score (nSPS) is 39.6. The first-order valence-corrected chi connectivity index (χ1v) is 7.70. The first-order chi connectivity index (χ1) is 4.55. The Hall–Kier alpha value is 0.217. The molecule has 0 radical (unpaired) electrons. The minimum absolute atomic E-state index is 0.797. The Morgan fingerprint density at radius 3 is 1.70 bits per heavy atom. The Morgan fingerprint density at radius 2 is 1.40 bits per heavy atom. The molecule has 0 aromatic carbocycles. The van der Waals surface area contributed by atoms with Crippen LogP contribution >= 0.6 is 0 Å². The van der Waals surface area contributed by atoms with Gasteiger partial charge < -0.3 is 0 Å². The molecule has 1 fully saturated rings. The highest BCUT2D eigenvalue weighted by Crippen LogP contribution is 2.43. The van der Waals surface area contributed by atoms with Crippen LogP contribution in [0, 0.1) is 0 Å². The van der Waals surface area contributed by atoms with Gasteiger partial charge in [0.25, 0.3) is 0 Å². The standard InChI is InChI=1S/C9H20Si/c1-8-6-5-7-9(2)10(8,3)4/h8-9H,5-7H2,1-4H3/t8-,9-/m1/s1. The third-order valence-electron chi connectivity index (χ3n) is 3.81. The molecule has 0 aromatic rings. The molecule has 0 N–H and O–H groups in total. The van der Waals surface area contributed by atoms with Gasteiger partial charge in [-0.05, 0) is 11.1 Å². The lowest BCUT2D eigenvalue weighted by molar-refractivity contribution is 0.577. The fourth-order valence-corrected chi connectivity index (χ4v) is 4.83. The third-order valence-corrected chi connectivity index (χ3v) is 9.47. The molecule has 0 amide bonds. The first-order valence-electron chi connectivity index (χ1n) is 4.55. The monoisotopic (exact) mass is 156 g/mol. The fraction of sp³-hybridized carbons (Fsp3) is 1.00. The van der Waals surface area contributed by atoms with Crippen molar-refractivity contribution in [3.8, 4) is 0 Å². The summed E-state index contributed by atoms with van der Waals surface area (Å²) in [5.41, 5.74) is 2.13. The summed E-state index contributed by atoms with van der Waals surface area (Å²) in [6, 6.07) is 0. The van der Waals surface area contributed by atoms with E-state index in [9.17, 15) is 0 Å². The van der Waals surface area contributed by atoms with Crippen LogP contribution in [0.1, 0.15) is 33.1 Å². The molecule has 0 nitrogen and oxygen atoms in total. The number of hydrogen-bond acceptors (Lipinski definition) is 0. The van der Waals surface area contributed by atoms with Crippen molar-refractivity contribution in [3.05, 3.63) is 0 Å². The summed E-state index contributed by atoms with van der Waals surface area (Å²) >= 11 is 0. The Balaban J connectivity index is 2.63. The van der Waals surface area contributed by atoms with Crippen molar-refractivity contribution < 1.29 is 0 Å². The molecule has 10 heavy (non-hydrogen) atoms. The Labute approximate surface area is 66.0 Å². The molecule has 1 aliphatic rings. The first kappa shape index (κ1) is 8.31. The zero-order chi connectivity index (χ0) is 7.78. The summed E-state index contributed by atoms with van der Waals surface area (Å²) in [6.07, 6.45) is 4.49. The third kappa shape index (κ3) is 1.29. The van der Waals surface area contributed by atoms with Crippen LogP contribution in [0.4, 0.5) is 0 Å². The van der Waals surface area contributed by atoms with Crippen molar-refractivity contribution in [2.75, 3.05) is 0 Å². The maximum atomic E-state index is 2.56. The SMILES string of the molecule is C[C@@H]1CCC[C@@H](C)[Si]1(C)C. The molecular formula is C9H20Si. The maximum Gasteiger partial charge on any atom is 0.0530 e. The van der Waals surface area contributed by atoms with E-state index in [1.54, 1.807) is 0 Å². The molecule has 0 unspecified atom stereocenters. The molecule has 1 rings (SSSR count). The molecule has 2 atom stereocenters. The molecule has 0 aromatic heterocycles. The zero-order valence-electron chi connectivity index (χ0n) is 7.78. The van der Waals surface area contributed by atoms with Gasteiger partial charge in [0.1, 0.15) is 0 Å². The van der Waals surface area contributed by atoms with E-state index in [2.05, 4.69) is 26.9 Å². The second-order valence-corrected chi connectivity index (χ2v) is 10.2. The molecule has 1 heteroatoms. The van der Waals surface area contributed by atoms with Crippen LogP contribution in [0.25, 0.3) is 0 Å². The van der Waals surface area contributed by atoms with Crippen molar-refractivity contribution >= 4 is 8.07 Å². The summed E-state index contributed by atoms with van der Waals surface area (Å²) in [6.45, 7) is 10.0. The molecule has 0 spiro atoms. The number of hydrogen-bond donors (Lipinski definition) is 0. The molecule has 1 heterocycles. The Kier molecular flexibility index (Phi) is 2.23. The van der Waals surface area contributed by atoms with E-state index in [0.29, 0.717) is 0 Å². The molecule has 1 saturated heterocycles. The predicted octanol–water partition coefficient (Wildman–Crippen LogP) is 3.66. The van der Waals surface area contributed by atoms with Crippen LogP contribution in [0.3, 0.4) is 0 Å². The van der Waals surface area contributed by atoms with E-state index in [1.807, 2.05) is 0 Å². The lowest BCUT2D eigenvalue weighted by Crippen LogP contribution is -2.38. The van der Waals surface area contributed by atoms with Gasteiger partial charge in [0.15, 0.2) is 0 Å². The van der Waals surface area contributed by atoms with Crippen molar-refractivity contribution in [2.24, 2.45) is 0 Å². The van der Waals surface area contributed by atoms with Gasteiger partial charge in [-0.25, -0.2) is 0 Å². The molecule has 60 valence electrons. The smallest absolute Gasteiger partial charge is 0.0530 e. The minimum Gasteiger partial charge on any atom is -0.0690 e. The minimum atomic E-state index is -0.797. The van der Waals surface area contributed by atoms with Crippen LogP contribution in [0.5, 0.6) is 0 Å². The van der Waals surface area contributed by atoms with Gasteiger partial charge in [-0.1, -0.05) is 46.2 Å². The Bertz CT molecular complexity index is 106. The van der Waals surface area contributed by atoms with Crippen molar-refractivity contribution in [3.63, 3.8) is 0 Å². The van der Waals surface area contributed by atoms with E-state index < -0.39 is 8.07 Å². The van der Waals surface area contributed by atoms with Crippen LogP contribution in [-0.2, 0) is 0 Å². The number of rotatable bonds is 0. The van der Waals surface area contributed by atoms with Gasteiger partial charge in [0, 0.05) is 0 Å². The van der Waals surface area contributed by atoms with Gasteiger partial charge in [-0.15, -0.1) is 0 Å². The predicted molar refractivity (Wildman–Crippen MR) is 50.2 cm³/mol. The van der Waals surface area contributed by atoms with Crippen molar-refractivity contribution in [1.82, 2.24) is 0 Å². The summed E-state index contributed by atoms with van der Waals surface area (Å²) in [5.74, 6) is 0. The summed E-state index contributed by atoms with van der Waals surface area (Å²) in [7, 11) is -0.797. The average molecular weight is 156 g/mol. The Morgan fingerprint density at radius 1 is 1.00 bits per heavy atom. The quantitative estimate of drug-likeness (QED) is 0.470. The molecule has 0 bridgehead atoms. The van der Waals surface area contributed by atoms with Gasteiger partial charge in [-0.2, -0.15) is 0 Å². The summed E-state index contributed by atoms with van der Waals surface area (Å²) in [5, 5.41) is 0. The van der Waals surface area contributed by atoms with E-state index in [1.165, 1.54) is 19.3 Å². The highest BCUT2D eigenvalue weighted by Gasteiger charge is 2.36. The second kappa shape index (κ2) is 2.69. The van der Waals surface area contributed by atoms with Crippen LogP contribution in [0.2, 0.25) is 24.2 Å².